The molecule has 0 aliphatic carbocycles. The van der Waals surface area contributed by atoms with Crippen molar-refractivity contribution in [1.82, 2.24) is 15.0 Å². The van der Waals surface area contributed by atoms with Crippen molar-refractivity contribution in [2.75, 3.05) is 13.3 Å². The SMILES string of the molecule is O=S(=O)(Oc1cc(F)c(OCCF)nc1F)c1c[nH]c(-c2nccs2)c1. The zero-order chi connectivity index (χ0) is 18.7. The lowest BCUT2D eigenvalue weighted by Crippen LogP contribution is -2.12. The van der Waals surface area contributed by atoms with Gasteiger partial charge in [0.2, 0.25) is 5.75 Å². The van der Waals surface area contributed by atoms with Crippen LogP contribution >= 0.6 is 11.3 Å². The molecule has 0 amide bonds. The van der Waals surface area contributed by atoms with Crippen LogP contribution in [0.5, 0.6) is 11.6 Å². The van der Waals surface area contributed by atoms with E-state index in [0.717, 1.165) is 6.20 Å². The Morgan fingerprint density at radius 2 is 2.08 bits per heavy atom. The number of alkyl halides is 1. The lowest BCUT2D eigenvalue weighted by atomic mass is 10.4. The highest BCUT2D eigenvalue weighted by Gasteiger charge is 2.24. The number of pyridine rings is 1. The molecule has 3 aromatic rings. The molecule has 0 aliphatic heterocycles. The minimum absolute atomic E-state index is 0.305. The van der Waals surface area contributed by atoms with Gasteiger partial charge < -0.3 is 13.9 Å². The fourth-order valence-corrected chi connectivity index (χ4v) is 3.43. The van der Waals surface area contributed by atoms with E-state index in [4.69, 9.17) is 0 Å². The van der Waals surface area contributed by atoms with E-state index >= 15 is 0 Å². The number of hydrogen-bond acceptors (Lipinski definition) is 7. The highest BCUT2D eigenvalue weighted by Crippen LogP contribution is 2.28. The Morgan fingerprint density at radius 3 is 2.77 bits per heavy atom. The van der Waals surface area contributed by atoms with Gasteiger partial charge in [0.15, 0.2) is 5.82 Å². The standard InChI is InChI=1S/C14H10F3N3O4S2/c15-1-3-23-13-9(16)6-11(12(17)20-13)24-26(21,22)8-5-10(19-7-8)14-18-2-4-25-14/h2,4-7,19H,1,3H2. The Labute approximate surface area is 149 Å². The molecule has 3 heterocycles. The zero-order valence-corrected chi connectivity index (χ0v) is 14.4. The Kier molecular flexibility index (Phi) is 5.13. The second kappa shape index (κ2) is 7.33. The number of nitrogens with one attached hydrogen (secondary N) is 1. The molecule has 0 aromatic carbocycles. The van der Waals surface area contributed by atoms with E-state index in [1.165, 1.54) is 17.4 Å². The van der Waals surface area contributed by atoms with Crippen molar-refractivity contribution < 1.29 is 30.5 Å². The maximum Gasteiger partial charge on any atom is 0.340 e. The molecule has 138 valence electrons. The van der Waals surface area contributed by atoms with Crippen LogP contribution < -0.4 is 8.92 Å². The van der Waals surface area contributed by atoms with Crippen LogP contribution in [0.1, 0.15) is 0 Å². The largest absolute Gasteiger partial charge is 0.473 e. The number of rotatable bonds is 7. The normalized spacial score (nSPS) is 11.5. The molecule has 0 bridgehead atoms. The van der Waals surface area contributed by atoms with Crippen molar-refractivity contribution in [1.29, 1.82) is 0 Å². The van der Waals surface area contributed by atoms with E-state index in [-0.39, 0.29) is 4.90 Å². The molecule has 0 spiro atoms. The number of thiazole rings is 1. The minimum atomic E-state index is -4.45. The van der Waals surface area contributed by atoms with E-state index in [9.17, 15) is 21.6 Å². The fourth-order valence-electron chi connectivity index (χ4n) is 1.89. The first kappa shape index (κ1) is 18.2. The Balaban J connectivity index is 1.84. The predicted octanol–water partition coefficient (Wildman–Crippen LogP) is 2.93. The van der Waals surface area contributed by atoms with E-state index in [1.54, 1.807) is 11.6 Å². The maximum absolute atomic E-state index is 13.9. The zero-order valence-electron chi connectivity index (χ0n) is 12.8. The lowest BCUT2D eigenvalue weighted by molar-refractivity contribution is 0.248. The monoisotopic (exact) mass is 405 g/mol. The average molecular weight is 405 g/mol. The number of nitrogens with zero attached hydrogens (tertiary/aromatic N) is 2. The molecule has 0 unspecified atom stereocenters. The molecule has 0 saturated heterocycles. The second-order valence-electron chi connectivity index (χ2n) is 4.73. The van der Waals surface area contributed by atoms with Crippen LogP contribution in [-0.2, 0) is 10.1 Å². The van der Waals surface area contributed by atoms with Crippen molar-refractivity contribution in [3.63, 3.8) is 0 Å². The summed E-state index contributed by atoms with van der Waals surface area (Å²) >= 11 is 1.28. The third-order valence-corrected chi connectivity index (χ3v) is 5.01. The van der Waals surface area contributed by atoms with Crippen LogP contribution in [0.4, 0.5) is 13.2 Å². The van der Waals surface area contributed by atoms with Gasteiger partial charge in [-0.1, -0.05) is 0 Å². The van der Waals surface area contributed by atoms with Gasteiger partial charge in [-0.2, -0.15) is 17.8 Å². The van der Waals surface area contributed by atoms with Crippen LogP contribution in [0.25, 0.3) is 10.7 Å². The van der Waals surface area contributed by atoms with E-state index in [0.29, 0.717) is 16.8 Å². The molecule has 7 nitrogen and oxygen atoms in total. The minimum Gasteiger partial charge on any atom is -0.473 e. The Bertz CT molecular complexity index is 1010. The number of ether oxygens (including phenoxy) is 1. The molecule has 3 rings (SSSR count). The van der Waals surface area contributed by atoms with E-state index in [2.05, 4.69) is 23.9 Å². The van der Waals surface area contributed by atoms with Crippen molar-refractivity contribution in [2.24, 2.45) is 0 Å². The molecule has 12 heteroatoms. The average Bonchev–Trinajstić information content (AvgIpc) is 3.27. The quantitative estimate of drug-likeness (QED) is 0.480. The van der Waals surface area contributed by atoms with Crippen LogP contribution in [0.2, 0.25) is 0 Å². The molecule has 0 aliphatic rings. The summed E-state index contributed by atoms with van der Waals surface area (Å²) in [6.07, 6.45) is 2.67. The number of hydrogen-bond donors (Lipinski definition) is 1. The summed E-state index contributed by atoms with van der Waals surface area (Å²) in [5.41, 5.74) is 0.418. The number of aromatic amines is 1. The Hall–Kier alpha value is -2.60. The molecular weight excluding hydrogens is 395 g/mol. The topological polar surface area (TPSA) is 94.2 Å². The van der Waals surface area contributed by atoms with Gasteiger partial charge in [-0.15, -0.1) is 11.3 Å². The number of H-pyrrole nitrogens is 1. The van der Waals surface area contributed by atoms with Gasteiger partial charge in [-0.05, 0) is 6.07 Å². The summed E-state index contributed by atoms with van der Waals surface area (Å²) < 4.78 is 73.3. The van der Waals surface area contributed by atoms with E-state index in [1.807, 2.05) is 0 Å². The lowest BCUT2D eigenvalue weighted by Gasteiger charge is -2.08. The molecule has 0 atom stereocenters. The molecule has 1 N–H and O–H groups in total. The van der Waals surface area contributed by atoms with Gasteiger partial charge in [-0.3, -0.25) is 0 Å². The fraction of sp³-hybridized carbons (Fsp3) is 0.143. The van der Waals surface area contributed by atoms with Crippen molar-refractivity contribution >= 4 is 21.5 Å². The van der Waals surface area contributed by atoms with Gasteiger partial charge in [-0.25, -0.2) is 13.8 Å². The van der Waals surface area contributed by atoms with Gasteiger partial charge >= 0.3 is 10.1 Å². The third-order valence-electron chi connectivity index (χ3n) is 2.99. The molecule has 0 fully saturated rings. The molecule has 26 heavy (non-hydrogen) atoms. The highest BCUT2D eigenvalue weighted by molar-refractivity contribution is 7.87. The second-order valence-corrected chi connectivity index (χ2v) is 7.17. The van der Waals surface area contributed by atoms with Crippen LogP contribution in [-0.4, -0.2) is 36.7 Å². The summed E-state index contributed by atoms with van der Waals surface area (Å²) in [6.45, 7) is -1.45. The summed E-state index contributed by atoms with van der Waals surface area (Å²) in [4.78, 5) is 9.52. The summed E-state index contributed by atoms with van der Waals surface area (Å²) in [5, 5.41) is 2.25. The maximum atomic E-state index is 13.9. The molecular formula is C14H10F3N3O4S2. The molecule has 3 aromatic heterocycles. The molecule has 0 saturated carbocycles. The van der Waals surface area contributed by atoms with Gasteiger partial charge in [0.25, 0.3) is 11.8 Å². The van der Waals surface area contributed by atoms with Crippen LogP contribution in [0.15, 0.2) is 34.8 Å². The summed E-state index contributed by atoms with van der Waals surface area (Å²) in [6, 6.07) is 1.70. The van der Waals surface area contributed by atoms with Gasteiger partial charge in [0.1, 0.15) is 23.2 Å². The summed E-state index contributed by atoms with van der Waals surface area (Å²) in [5.74, 6) is -4.35. The summed E-state index contributed by atoms with van der Waals surface area (Å²) in [7, 11) is -4.45. The van der Waals surface area contributed by atoms with Crippen molar-refractivity contribution in [3.8, 4) is 22.3 Å². The number of aromatic nitrogens is 3. The highest BCUT2D eigenvalue weighted by atomic mass is 32.2. The van der Waals surface area contributed by atoms with Gasteiger partial charge in [0.05, 0.1) is 5.69 Å². The first-order valence-electron chi connectivity index (χ1n) is 6.98. The van der Waals surface area contributed by atoms with Crippen molar-refractivity contribution in [2.45, 2.75) is 4.90 Å². The van der Waals surface area contributed by atoms with Crippen LogP contribution in [0.3, 0.4) is 0 Å². The van der Waals surface area contributed by atoms with Crippen LogP contribution in [0, 0.1) is 11.8 Å². The third kappa shape index (κ3) is 3.80. The Morgan fingerprint density at radius 1 is 1.27 bits per heavy atom. The van der Waals surface area contributed by atoms with E-state index < -0.39 is 46.8 Å². The number of halogens is 3. The molecule has 0 radical (unpaired) electrons. The van der Waals surface area contributed by atoms with Gasteiger partial charge in [0, 0.05) is 23.8 Å². The van der Waals surface area contributed by atoms with Crippen molar-refractivity contribution in [3.05, 3.63) is 41.7 Å². The predicted molar refractivity (Wildman–Crippen MR) is 85.3 cm³/mol. The first-order valence-corrected chi connectivity index (χ1v) is 9.27. The smallest absolute Gasteiger partial charge is 0.340 e. The first-order chi connectivity index (χ1) is 12.4.